The van der Waals surface area contributed by atoms with Crippen LogP contribution in [0, 0.1) is 5.41 Å². The molecule has 150 valence electrons. The normalized spacial score (nSPS) is 26.6. The van der Waals surface area contributed by atoms with Crippen molar-refractivity contribution in [2.75, 3.05) is 32.8 Å². The van der Waals surface area contributed by atoms with Crippen molar-refractivity contribution in [3.63, 3.8) is 0 Å². The van der Waals surface area contributed by atoms with E-state index in [9.17, 15) is 9.59 Å². The van der Waals surface area contributed by atoms with E-state index in [2.05, 4.69) is 21.6 Å². The van der Waals surface area contributed by atoms with Crippen molar-refractivity contribution in [1.29, 1.82) is 0 Å². The molecule has 0 aliphatic carbocycles. The second-order valence-corrected chi connectivity index (χ2v) is 8.08. The summed E-state index contributed by atoms with van der Waals surface area (Å²) in [6.07, 6.45) is 8.92. The second kappa shape index (κ2) is 8.35. The fourth-order valence-corrected chi connectivity index (χ4v) is 4.37. The number of ether oxygens (including phenoxy) is 1. The summed E-state index contributed by atoms with van der Waals surface area (Å²) in [6, 6.07) is 7.38. The molecule has 0 saturated carbocycles. The topological polar surface area (TPSA) is 70.7 Å². The maximum absolute atomic E-state index is 13.5. The summed E-state index contributed by atoms with van der Waals surface area (Å²) in [5.74, 6) is 0.680. The van der Waals surface area contributed by atoms with Crippen molar-refractivity contribution < 1.29 is 14.3 Å². The van der Waals surface area contributed by atoms with Gasteiger partial charge >= 0.3 is 0 Å². The van der Waals surface area contributed by atoms with E-state index in [0.29, 0.717) is 24.5 Å². The molecular weight excluding hydrogens is 354 g/mol. The maximum atomic E-state index is 13.5. The average Bonchev–Trinajstić information content (AvgIpc) is 2.92. The summed E-state index contributed by atoms with van der Waals surface area (Å²) >= 11 is 0. The fraction of sp³-hybridized carbons (Fsp3) is 0.545. The van der Waals surface area contributed by atoms with Crippen LogP contribution < -0.4 is 15.4 Å². The number of carbonyl (C=O) groups excluding carboxylic acids is 2. The van der Waals surface area contributed by atoms with Crippen LogP contribution >= 0.6 is 0 Å². The zero-order chi connectivity index (χ0) is 19.4. The van der Waals surface area contributed by atoms with Gasteiger partial charge in [0.2, 0.25) is 5.91 Å². The van der Waals surface area contributed by atoms with Crippen LogP contribution in [0.4, 0.5) is 0 Å². The van der Waals surface area contributed by atoms with Crippen molar-refractivity contribution in [1.82, 2.24) is 15.5 Å². The van der Waals surface area contributed by atoms with Crippen molar-refractivity contribution in [2.24, 2.45) is 5.41 Å². The lowest BCUT2D eigenvalue weighted by Gasteiger charge is -2.45. The maximum Gasteiger partial charge on any atom is 0.255 e. The number of fused-ring (bicyclic) bond motifs is 2. The van der Waals surface area contributed by atoms with Crippen molar-refractivity contribution >= 4 is 11.8 Å². The molecular formula is C22H29N3O3. The summed E-state index contributed by atoms with van der Waals surface area (Å²) in [5.41, 5.74) is 0.185. The Morgan fingerprint density at radius 2 is 1.93 bits per heavy atom. The van der Waals surface area contributed by atoms with Crippen LogP contribution in [-0.2, 0) is 4.79 Å². The van der Waals surface area contributed by atoms with Gasteiger partial charge in [-0.1, -0.05) is 37.1 Å². The number of hydrogen-bond donors (Lipinski definition) is 2. The third kappa shape index (κ3) is 3.78. The second-order valence-electron chi connectivity index (χ2n) is 8.08. The molecule has 3 aliphatic heterocycles. The molecule has 1 aromatic rings. The zero-order valence-corrected chi connectivity index (χ0v) is 16.3. The molecule has 1 unspecified atom stereocenters. The van der Waals surface area contributed by atoms with Crippen LogP contribution in [0.2, 0.25) is 0 Å². The highest BCUT2D eigenvalue weighted by atomic mass is 16.5. The molecule has 6 heteroatoms. The Bertz CT molecular complexity index is 757. The molecule has 2 saturated heterocycles. The smallest absolute Gasteiger partial charge is 0.255 e. The van der Waals surface area contributed by atoms with E-state index >= 15 is 0 Å². The third-order valence-electron chi connectivity index (χ3n) is 6.16. The number of rotatable bonds is 0. The first-order valence-electron chi connectivity index (χ1n) is 10.4. The molecule has 2 amide bonds. The predicted molar refractivity (Wildman–Crippen MR) is 107 cm³/mol. The fourth-order valence-electron chi connectivity index (χ4n) is 4.37. The van der Waals surface area contributed by atoms with Gasteiger partial charge in [-0.3, -0.25) is 9.59 Å². The molecule has 0 bridgehead atoms. The van der Waals surface area contributed by atoms with Crippen LogP contribution in [0.5, 0.6) is 5.75 Å². The number of nitrogens with zero attached hydrogens (tertiary/aromatic N) is 1. The average molecular weight is 383 g/mol. The molecule has 28 heavy (non-hydrogen) atoms. The van der Waals surface area contributed by atoms with E-state index < -0.39 is 0 Å². The van der Waals surface area contributed by atoms with E-state index in [1.165, 1.54) is 0 Å². The minimum absolute atomic E-state index is 0.0522. The molecule has 2 N–H and O–H groups in total. The number of nitrogens with one attached hydrogen (secondary N) is 2. The molecule has 0 aromatic heterocycles. The van der Waals surface area contributed by atoms with Crippen molar-refractivity contribution in [2.45, 2.75) is 38.1 Å². The lowest BCUT2D eigenvalue weighted by molar-refractivity contribution is -0.147. The van der Waals surface area contributed by atoms with E-state index in [4.69, 9.17) is 4.74 Å². The van der Waals surface area contributed by atoms with Crippen LogP contribution in [-0.4, -0.2) is 55.5 Å². The van der Waals surface area contributed by atoms with E-state index in [0.717, 1.165) is 51.7 Å². The standard InChI is InChI=1S/C22H29N3O3/c26-20-18-9-3-4-10-19(18)28-13-7-5-11-22(15-23-16-22)21(27)25-12-6-1-2-8-17(25)14-24-20/h3-5,7,9-10,17,23H,1-2,6,8,11-16H2,(H,24,26)/b7-5-. The summed E-state index contributed by atoms with van der Waals surface area (Å²) < 4.78 is 5.82. The molecule has 3 heterocycles. The van der Waals surface area contributed by atoms with Crippen LogP contribution in [0.1, 0.15) is 42.5 Å². The Kier molecular flexibility index (Phi) is 5.67. The van der Waals surface area contributed by atoms with Gasteiger partial charge in [-0.05, 0) is 31.4 Å². The quantitative estimate of drug-likeness (QED) is 0.674. The summed E-state index contributed by atoms with van der Waals surface area (Å²) in [5, 5.41) is 6.34. The summed E-state index contributed by atoms with van der Waals surface area (Å²) in [6.45, 7) is 3.09. The molecule has 6 nitrogen and oxygen atoms in total. The van der Waals surface area contributed by atoms with Gasteiger partial charge in [-0.15, -0.1) is 0 Å². The molecule has 1 aromatic carbocycles. The lowest BCUT2D eigenvalue weighted by atomic mass is 9.76. The highest BCUT2D eigenvalue weighted by Gasteiger charge is 2.46. The number of carbonyl (C=O) groups is 2. The predicted octanol–water partition coefficient (Wildman–Crippen LogP) is 2.12. The van der Waals surface area contributed by atoms with Crippen molar-refractivity contribution in [3.8, 4) is 5.75 Å². The first kappa shape index (κ1) is 19.0. The third-order valence-corrected chi connectivity index (χ3v) is 6.16. The number of para-hydroxylation sites is 1. The lowest BCUT2D eigenvalue weighted by Crippen LogP contribution is -2.64. The Balaban J connectivity index is 1.63. The minimum atomic E-state index is -0.356. The number of amides is 2. The van der Waals surface area contributed by atoms with Gasteiger partial charge in [0.15, 0.2) is 0 Å². The molecule has 0 radical (unpaired) electrons. The Labute approximate surface area is 166 Å². The number of allylic oxidation sites excluding steroid dienone is 1. The minimum Gasteiger partial charge on any atom is -0.489 e. The van der Waals surface area contributed by atoms with Gasteiger partial charge in [0.25, 0.3) is 5.91 Å². The van der Waals surface area contributed by atoms with E-state index in [1.807, 2.05) is 24.3 Å². The molecule has 1 spiro atoms. The first-order valence-corrected chi connectivity index (χ1v) is 10.4. The van der Waals surface area contributed by atoms with Gasteiger partial charge in [0, 0.05) is 32.2 Å². The number of hydrogen-bond acceptors (Lipinski definition) is 4. The zero-order valence-electron chi connectivity index (χ0n) is 16.3. The van der Waals surface area contributed by atoms with Gasteiger partial charge in [-0.25, -0.2) is 0 Å². The van der Waals surface area contributed by atoms with E-state index in [1.54, 1.807) is 6.07 Å². The SMILES string of the molecule is O=C1NCC2CCCCCN2C(=O)C2(C/C=C\COc3ccccc31)CNC2. The monoisotopic (exact) mass is 383 g/mol. The molecule has 3 aliphatic rings. The first-order chi connectivity index (χ1) is 13.7. The van der Waals surface area contributed by atoms with Gasteiger partial charge < -0.3 is 20.3 Å². The largest absolute Gasteiger partial charge is 0.489 e. The molecule has 2 fully saturated rings. The molecule has 1 atom stereocenters. The Morgan fingerprint density at radius 3 is 2.75 bits per heavy atom. The van der Waals surface area contributed by atoms with Gasteiger partial charge in [-0.2, -0.15) is 0 Å². The van der Waals surface area contributed by atoms with Crippen LogP contribution in [0.15, 0.2) is 36.4 Å². The van der Waals surface area contributed by atoms with Crippen LogP contribution in [0.3, 0.4) is 0 Å². The summed E-state index contributed by atoms with van der Waals surface area (Å²) in [7, 11) is 0. The molecule has 4 rings (SSSR count). The van der Waals surface area contributed by atoms with E-state index in [-0.39, 0.29) is 23.3 Å². The highest BCUT2D eigenvalue weighted by molar-refractivity contribution is 5.97. The Morgan fingerprint density at radius 1 is 1.07 bits per heavy atom. The van der Waals surface area contributed by atoms with Gasteiger partial charge in [0.05, 0.1) is 11.0 Å². The van der Waals surface area contributed by atoms with Gasteiger partial charge in [0.1, 0.15) is 12.4 Å². The van der Waals surface area contributed by atoms with Crippen molar-refractivity contribution in [3.05, 3.63) is 42.0 Å². The summed E-state index contributed by atoms with van der Waals surface area (Å²) in [4.78, 5) is 28.3. The van der Waals surface area contributed by atoms with Crippen LogP contribution in [0.25, 0.3) is 0 Å². The highest BCUT2D eigenvalue weighted by Crippen LogP contribution is 2.33. The number of benzene rings is 1. The Hall–Kier alpha value is -2.34.